The number of hydrogen-bond acceptors (Lipinski definition) is 1. The summed E-state index contributed by atoms with van der Waals surface area (Å²) in [5.74, 6) is -0.548. The van der Waals surface area contributed by atoms with Crippen LogP contribution in [0.15, 0.2) is 63.9 Å². The molecular formula is C17H19ClFN. The summed E-state index contributed by atoms with van der Waals surface area (Å²) in [6.07, 6.45) is 1.58. The van der Waals surface area contributed by atoms with Crippen LogP contribution in [0.1, 0.15) is 25.0 Å². The monoisotopic (exact) mass is 291 g/mol. The minimum Gasteiger partial charge on any atom is -0.287 e. The lowest BCUT2D eigenvalue weighted by molar-refractivity contribution is 0.664. The van der Waals surface area contributed by atoms with E-state index >= 15 is 0 Å². The molecule has 0 saturated carbocycles. The molecular weight excluding hydrogens is 273 g/mol. The molecule has 0 aliphatic heterocycles. The van der Waals surface area contributed by atoms with Crippen molar-refractivity contribution in [2.75, 3.05) is 7.05 Å². The summed E-state index contributed by atoms with van der Waals surface area (Å²) in [4.78, 5) is 4.22. The zero-order valence-corrected chi connectivity index (χ0v) is 13.1. The molecule has 0 aliphatic rings. The Bertz CT molecular complexity index is 605. The van der Waals surface area contributed by atoms with Crippen LogP contribution in [0.4, 0.5) is 4.39 Å². The first-order chi connectivity index (χ1) is 9.38. The van der Waals surface area contributed by atoms with Crippen molar-refractivity contribution in [1.82, 2.24) is 0 Å². The summed E-state index contributed by atoms with van der Waals surface area (Å²) in [6.45, 7) is 9.09. The molecule has 1 aromatic rings. The number of rotatable bonds is 4. The van der Waals surface area contributed by atoms with Crippen molar-refractivity contribution in [3.63, 3.8) is 0 Å². The molecule has 0 fully saturated rings. The van der Waals surface area contributed by atoms with Crippen molar-refractivity contribution >= 4 is 17.3 Å². The highest BCUT2D eigenvalue weighted by Gasteiger charge is 2.15. The van der Waals surface area contributed by atoms with Gasteiger partial charge >= 0.3 is 0 Å². The minimum atomic E-state index is -0.548. The van der Waals surface area contributed by atoms with Crippen LogP contribution in [0, 0.1) is 6.92 Å². The zero-order chi connectivity index (χ0) is 15.3. The topological polar surface area (TPSA) is 12.4 Å². The number of aliphatic imine (C=N–C) groups is 1. The number of hydrogen-bond donors (Lipinski definition) is 0. The SMILES string of the molecule is C=C(F)C(=C\C(Cl)=C(C)C)/C(=N/C)c1ccccc1C. The van der Waals surface area contributed by atoms with Gasteiger partial charge in [0.1, 0.15) is 5.83 Å². The number of allylic oxidation sites excluding steroid dienone is 5. The highest BCUT2D eigenvalue weighted by Crippen LogP contribution is 2.23. The van der Waals surface area contributed by atoms with Crippen LogP contribution in [0.2, 0.25) is 0 Å². The van der Waals surface area contributed by atoms with Crippen LogP contribution in [-0.2, 0) is 0 Å². The third-order valence-electron chi connectivity index (χ3n) is 2.92. The van der Waals surface area contributed by atoms with E-state index in [1.807, 2.05) is 45.0 Å². The molecule has 1 rings (SSSR count). The molecule has 0 unspecified atom stereocenters. The molecule has 0 spiro atoms. The van der Waals surface area contributed by atoms with E-state index in [0.717, 1.165) is 16.7 Å². The highest BCUT2D eigenvalue weighted by molar-refractivity contribution is 6.32. The van der Waals surface area contributed by atoms with Gasteiger partial charge in [0, 0.05) is 23.2 Å². The van der Waals surface area contributed by atoms with E-state index in [1.165, 1.54) is 0 Å². The minimum absolute atomic E-state index is 0.313. The van der Waals surface area contributed by atoms with Crippen LogP contribution < -0.4 is 0 Å². The van der Waals surface area contributed by atoms with E-state index in [1.54, 1.807) is 13.1 Å². The van der Waals surface area contributed by atoms with Gasteiger partial charge < -0.3 is 0 Å². The fourth-order valence-corrected chi connectivity index (χ4v) is 1.88. The molecule has 0 N–H and O–H groups in total. The van der Waals surface area contributed by atoms with Gasteiger partial charge in [-0.15, -0.1) is 0 Å². The largest absolute Gasteiger partial charge is 0.287 e. The molecule has 0 atom stereocenters. The van der Waals surface area contributed by atoms with Gasteiger partial charge in [0.25, 0.3) is 0 Å². The Hall–Kier alpha value is -1.67. The molecule has 20 heavy (non-hydrogen) atoms. The lowest BCUT2D eigenvalue weighted by Gasteiger charge is -2.12. The second kappa shape index (κ2) is 7.20. The smallest absolute Gasteiger partial charge is 0.125 e. The van der Waals surface area contributed by atoms with Crippen molar-refractivity contribution in [2.24, 2.45) is 4.99 Å². The first kappa shape index (κ1) is 16.4. The predicted molar refractivity (Wildman–Crippen MR) is 86.2 cm³/mol. The molecule has 0 aromatic heterocycles. The molecule has 106 valence electrons. The first-order valence-corrected chi connectivity index (χ1v) is 6.69. The average Bonchev–Trinajstić information content (AvgIpc) is 2.39. The normalized spacial score (nSPS) is 12.3. The van der Waals surface area contributed by atoms with Crippen LogP contribution in [0.3, 0.4) is 0 Å². The van der Waals surface area contributed by atoms with Crippen LogP contribution in [0.5, 0.6) is 0 Å². The third-order valence-corrected chi connectivity index (χ3v) is 3.41. The first-order valence-electron chi connectivity index (χ1n) is 6.31. The number of aryl methyl sites for hydroxylation is 1. The van der Waals surface area contributed by atoms with Crippen LogP contribution in [0.25, 0.3) is 0 Å². The Morgan fingerprint density at radius 1 is 1.30 bits per heavy atom. The Balaban J connectivity index is 3.45. The fourth-order valence-electron chi connectivity index (χ4n) is 1.77. The Morgan fingerprint density at radius 2 is 1.90 bits per heavy atom. The van der Waals surface area contributed by atoms with Crippen LogP contribution in [-0.4, -0.2) is 12.8 Å². The molecule has 0 saturated heterocycles. The van der Waals surface area contributed by atoms with Gasteiger partial charge in [0.2, 0.25) is 0 Å². The van der Waals surface area contributed by atoms with Gasteiger partial charge in [-0.3, -0.25) is 4.99 Å². The fraction of sp³-hybridized carbons (Fsp3) is 0.235. The molecule has 0 radical (unpaired) electrons. The Labute approximate surface area is 125 Å². The van der Waals surface area contributed by atoms with Crippen molar-refractivity contribution in [2.45, 2.75) is 20.8 Å². The van der Waals surface area contributed by atoms with E-state index in [2.05, 4.69) is 11.6 Å². The Kier molecular flexibility index (Phi) is 5.90. The van der Waals surface area contributed by atoms with E-state index < -0.39 is 5.83 Å². The summed E-state index contributed by atoms with van der Waals surface area (Å²) in [5, 5.41) is 0.494. The van der Waals surface area contributed by atoms with Gasteiger partial charge in [0.05, 0.1) is 5.71 Å². The number of halogens is 2. The average molecular weight is 292 g/mol. The quantitative estimate of drug-likeness (QED) is 0.523. The summed E-state index contributed by atoms with van der Waals surface area (Å²) < 4.78 is 13.8. The van der Waals surface area contributed by atoms with Gasteiger partial charge in [0.15, 0.2) is 0 Å². The molecule has 0 bridgehead atoms. The summed E-state index contributed by atoms with van der Waals surface area (Å²) in [7, 11) is 1.63. The molecule has 0 aliphatic carbocycles. The maximum absolute atomic E-state index is 13.8. The van der Waals surface area contributed by atoms with Crippen molar-refractivity contribution in [1.29, 1.82) is 0 Å². The van der Waals surface area contributed by atoms with Gasteiger partial charge in [-0.1, -0.05) is 48.0 Å². The maximum Gasteiger partial charge on any atom is 0.125 e. The van der Waals surface area contributed by atoms with Crippen molar-refractivity contribution < 1.29 is 4.39 Å². The lowest BCUT2D eigenvalue weighted by atomic mass is 9.97. The summed E-state index contributed by atoms with van der Waals surface area (Å²) in [6, 6.07) is 7.70. The van der Waals surface area contributed by atoms with Gasteiger partial charge in [-0.05, 0) is 32.4 Å². The second-order valence-corrected chi connectivity index (χ2v) is 5.11. The van der Waals surface area contributed by atoms with E-state index in [-0.39, 0.29) is 0 Å². The van der Waals surface area contributed by atoms with E-state index in [0.29, 0.717) is 16.3 Å². The summed E-state index contributed by atoms with van der Waals surface area (Å²) >= 11 is 6.12. The maximum atomic E-state index is 13.8. The Morgan fingerprint density at radius 3 is 2.35 bits per heavy atom. The van der Waals surface area contributed by atoms with Crippen molar-refractivity contribution in [3.8, 4) is 0 Å². The molecule has 1 nitrogen and oxygen atoms in total. The molecule has 0 heterocycles. The third kappa shape index (κ3) is 3.91. The highest BCUT2D eigenvalue weighted by atomic mass is 35.5. The zero-order valence-electron chi connectivity index (χ0n) is 12.3. The second-order valence-electron chi connectivity index (χ2n) is 4.70. The standard InChI is InChI=1S/C17H19ClFN/c1-11(2)16(18)10-15(13(4)19)17(20-5)14-9-7-6-8-12(14)3/h6-10H,4H2,1-3,5H3/b15-10+,20-17+. The van der Waals surface area contributed by atoms with Gasteiger partial charge in [-0.2, -0.15) is 0 Å². The number of nitrogens with zero attached hydrogens (tertiary/aromatic N) is 1. The van der Waals surface area contributed by atoms with Crippen LogP contribution >= 0.6 is 11.6 Å². The summed E-state index contributed by atoms with van der Waals surface area (Å²) in [5.41, 5.74) is 3.67. The molecule has 0 amide bonds. The van der Waals surface area contributed by atoms with Gasteiger partial charge in [-0.25, -0.2) is 4.39 Å². The lowest BCUT2D eigenvalue weighted by Crippen LogP contribution is -2.08. The predicted octanol–water partition coefficient (Wildman–Crippen LogP) is 5.36. The number of benzene rings is 1. The van der Waals surface area contributed by atoms with E-state index in [9.17, 15) is 4.39 Å². The molecule has 3 heteroatoms. The van der Waals surface area contributed by atoms with Crippen molar-refractivity contribution in [3.05, 3.63) is 70.1 Å². The molecule has 1 aromatic carbocycles. The van der Waals surface area contributed by atoms with E-state index in [4.69, 9.17) is 11.6 Å².